The van der Waals surface area contributed by atoms with E-state index in [0.29, 0.717) is 0 Å². The largest absolute Gasteiger partial charge is 0.289 e. The van der Waals surface area contributed by atoms with Crippen LogP contribution in [0.25, 0.3) is 0 Å². The highest BCUT2D eigenvalue weighted by molar-refractivity contribution is 5.28. The van der Waals surface area contributed by atoms with E-state index >= 15 is 0 Å². The van der Waals surface area contributed by atoms with Gasteiger partial charge >= 0.3 is 0 Å². The molecule has 1 heterocycles. The quantitative estimate of drug-likeness (QED) is 0.444. The van der Waals surface area contributed by atoms with Gasteiger partial charge < -0.3 is 0 Å². The first-order valence-corrected chi connectivity index (χ1v) is 5.61. The van der Waals surface area contributed by atoms with Crippen LogP contribution >= 0.6 is 0 Å². The van der Waals surface area contributed by atoms with Gasteiger partial charge in [-0.05, 0) is 18.9 Å². The first-order chi connectivity index (χ1) is 7.65. The zero-order chi connectivity index (χ0) is 11.7. The molecule has 1 aromatic rings. The van der Waals surface area contributed by atoms with Crippen molar-refractivity contribution in [3.63, 3.8) is 0 Å². The fourth-order valence-corrected chi connectivity index (χ4v) is 2.16. The second-order valence-corrected chi connectivity index (χ2v) is 4.29. The number of aryl methyl sites for hydroxylation is 1. The van der Waals surface area contributed by atoms with Gasteiger partial charge in [0.15, 0.2) is 0 Å². The van der Waals surface area contributed by atoms with E-state index in [2.05, 4.69) is 0 Å². The predicted octanol–water partition coefficient (Wildman–Crippen LogP) is 2.36. The number of hydrogen-bond acceptors (Lipinski definition) is 3. The maximum atomic E-state index is 10.9. The van der Waals surface area contributed by atoms with Gasteiger partial charge in [0.25, 0.3) is 6.17 Å². The molecule has 1 fully saturated rings. The van der Waals surface area contributed by atoms with E-state index in [9.17, 15) is 10.1 Å². The molecule has 1 aliphatic heterocycles. The van der Waals surface area contributed by atoms with Crippen molar-refractivity contribution in [1.82, 2.24) is 4.90 Å². The van der Waals surface area contributed by atoms with E-state index in [4.69, 9.17) is 0 Å². The van der Waals surface area contributed by atoms with Crippen molar-refractivity contribution < 1.29 is 4.92 Å². The molecular formula is C12H16N2O2. The number of rotatable bonds is 4. The van der Waals surface area contributed by atoms with E-state index in [1.54, 1.807) is 0 Å². The Balaban J connectivity index is 2.15. The third-order valence-electron chi connectivity index (χ3n) is 3.01. The number of hydrogen-bond donors (Lipinski definition) is 0. The van der Waals surface area contributed by atoms with Crippen molar-refractivity contribution in [2.24, 2.45) is 0 Å². The summed E-state index contributed by atoms with van der Waals surface area (Å²) in [6, 6.07) is 7.98. The number of benzene rings is 1. The fraction of sp³-hybridized carbons (Fsp3) is 0.500. The lowest BCUT2D eigenvalue weighted by Crippen LogP contribution is -2.10. The second kappa shape index (κ2) is 4.22. The van der Waals surface area contributed by atoms with E-state index in [-0.39, 0.29) is 11.0 Å². The molecule has 0 saturated carbocycles. The molecule has 0 amide bonds. The Hall–Kier alpha value is -1.42. The summed E-state index contributed by atoms with van der Waals surface area (Å²) in [6.45, 7) is 4.86. The molecule has 0 N–H and O–H groups in total. The summed E-state index contributed by atoms with van der Waals surface area (Å²) in [5, 5.41) is 10.9. The maximum absolute atomic E-state index is 10.9. The fourth-order valence-electron chi connectivity index (χ4n) is 2.16. The topological polar surface area (TPSA) is 46.1 Å². The van der Waals surface area contributed by atoms with Crippen LogP contribution in [0.1, 0.15) is 30.5 Å². The van der Waals surface area contributed by atoms with Crippen LogP contribution in [0.3, 0.4) is 0 Å². The highest BCUT2D eigenvalue weighted by Gasteiger charge is 2.57. The first-order valence-electron chi connectivity index (χ1n) is 5.61. The van der Waals surface area contributed by atoms with Gasteiger partial charge in [0.2, 0.25) is 0 Å². The highest BCUT2D eigenvalue weighted by Crippen LogP contribution is 2.43. The zero-order valence-electron chi connectivity index (χ0n) is 9.59. The molecule has 1 unspecified atom stereocenters. The molecule has 0 spiro atoms. The molecule has 16 heavy (non-hydrogen) atoms. The van der Waals surface area contributed by atoms with Crippen LogP contribution in [0.15, 0.2) is 24.3 Å². The average molecular weight is 220 g/mol. The first kappa shape index (κ1) is 11.1. The van der Waals surface area contributed by atoms with Gasteiger partial charge in [-0.3, -0.25) is 10.1 Å². The van der Waals surface area contributed by atoms with Crippen LogP contribution < -0.4 is 0 Å². The Morgan fingerprint density at radius 2 is 2.00 bits per heavy atom. The summed E-state index contributed by atoms with van der Waals surface area (Å²) in [5.41, 5.74) is 2.24. The van der Waals surface area contributed by atoms with Crippen molar-refractivity contribution in [2.45, 2.75) is 32.5 Å². The molecular weight excluding hydrogens is 204 g/mol. The van der Waals surface area contributed by atoms with Crippen molar-refractivity contribution in [3.8, 4) is 0 Å². The molecule has 1 aromatic carbocycles. The smallest absolute Gasteiger partial charge is 0.263 e. The summed E-state index contributed by atoms with van der Waals surface area (Å²) in [4.78, 5) is 12.6. The Morgan fingerprint density at radius 1 is 1.38 bits per heavy atom. The van der Waals surface area contributed by atoms with E-state index in [0.717, 1.165) is 18.5 Å². The molecule has 4 heteroatoms. The second-order valence-electron chi connectivity index (χ2n) is 4.29. The van der Waals surface area contributed by atoms with Gasteiger partial charge in [0, 0.05) is 11.5 Å². The van der Waals surface area contributed by atoms with Crippen molar-refractivity contribution in [3.05, 3.63) is 45.5 Å². The average Bonchev–Trinajstić information content (AvgIpc) is 2.94. The van der Waals surface area contributed by atoms with Crippen molar-refractivity contribution >= 4 is 0 Å². The van der Waals surface area contributed by atoms with E-state index in [1.165, 1.54) is 5.56 Å². The summed E-state index contributed by atoms with van der Waals surface area (Å²) < 4.78 is 0. The van der Waals surface area contributed by atoms with Crippen LogP contribution in [-0.2, 0) is 0 Å². The number of nitro groups is 1. The minimum Gasteiger partial charge on any atom is -0.263 e. The number of nitrogens with zero attached hydrogens (tertiary/aromatic N) is 2. The SMILES string of the molecule is CCCN1[C@H](c2ccc(C)cc2)[C@H]1[N+](=O)[O-]. The van der Waals surface area contributed by atoms with Gasteiger partial charge in [-0.15, -0.1) is 0 Å². The van der Waals surface area contributed by atoms with Gasteiger partial charge in [0.1, 0.15) is 6.04 Å². The maximum Gasteiger partial charge on any atom is 0.289 e. The Bertz CT molecular complexity index is 389. The summed E-state index contributed by atoms with van der Waals surface area (Å²) >= 11 is 0. The van der Waals surface area contributed by atoms with Gasteiger partial charge in [0.05, 0.1) is 0 Å². The molecule has 1 aliphatic rings. The van der Waals surface area contributed by atoms with Gasteiger partial charge in [-0.25, -0.2) is 4.90 Å². The monoisotopic (exact) mass is 220 g/mol. The minimum absolute atomic E-state index is 0.0180. The summed E-state index contributed by atoms with van der Waals surface area (Å²) in [7, 11) is 0. The van der Waals surface area contributed by atoms with Crippen LogP contribution in [0.4, 0.5) is 0 Å². The Kier molecular flexibility index (Phi) is 2.92. The van der Waals surface area contributed by atoms with Gasteiger partial charge in [-0.2, -0.15) is 0 Å². The molecule has 0 radical (unpaired) electrons. The molecule has 3 atom stereocenters. The minimum atomic E-state index is -0.511. The third-order valence-corrected chi connectivity index (χ3v) is 3.01. The molecule has 86 valence electrons. The lowest BCUT2D eigenvalue weighted by Gasteiger charge is -1.99. The van der Waals surface area contributed by atoms with E-state index < -0.39 is 6.17 Å². The van der Waals surface area contributed by atoms with E-state index in [1.807, 2.05) is 43.0 Å². The lowest BCUT2D eigenvalue weighted by molar-refractivity contribution is -0.507. The summed E-state index contributed by atoms with van der Waals surface area (Å²) in [5.74, 6) is 0. The molecule has 0 bridgehead atoms. The predicted molar refractivity (Wildman–Crippen MR) is 61.7 cm³/mol. The van der Waals surface area contributed by atoms with Gasteiger partial charge in [-0.1, -0.05) is 36.8 Å². The Labute approximate surface area is 95.0 Å². The lowest BCUT2D eigenvalue weighted by atomic mass is 10.1. The normalized spacial score (nSPS) is 27.8. The van der Waals surface area contributed by atoms with Crippen LogP contribution in [0, 0.1) is 17.0 Å². The standard InChI is InChI=1S/C12H16N2O2/c1-3-8-13-11(12(13)14(15)16)10-6-4-9(2)5-7-10/h4-7,11-12H,3,8H2,1-2H3/t11-,12-,13?/m1/s1. The van der Waals surface area contributed by atoms with Crippen LogP contribution in [0.2, 0.25) is 0 Å². The molecule has 0 aliphatic carbocycles. The highest BCUT2D eigenvalue weighted by atomic mass is 16.6. The third kappa shape index (κ3) is 1.93. The molecule has 2 rings (SSSR count). The van der Waals surface area contributed by atoms with Crippen molar-refractivity contribution in [1.29, 1.82) is 0 Å². The van der Waals surface area contributed by atoms with Crippen LogP contribution in [0.5, 0.6) is 0 Å². The Morgan fingerprint density at radius 3 is 2.50 bits per heavy atom. The summed E-state index contributed by atoms with van der Waals surface area (Å²) in [6.07, 6.45) is 0.440. The zero-order valence-corrected chi connectivity index (χ0v) is 9.59. The molecule has 1 saturated heterocycles. The molecule has 4 nitrogen and oxygen atoms in total. The van der Waals surface area contributed by atoms with Crippen molar-refractivity contribution in [2.75, 3.05) is 6.54 Å². The van der Waals surface area contributed by atoms with Crippen LogP contribution in [-0.4, -0.2) is 22.5 Å². The molecule has 0 aromatic heterocycles.